The van der Waals surface area contributed by atoms with Crippen LogP contribution in [0.5, 0.6) is 0 Å². The molecule has 18 heavy (non-hydrogen) atoms. The van der Waals surface area contributed by atoms with Crippen LogP contribution in [0.25, 0.3) is 0 Å². The highest BCUT2D eigenvalue weighted by atomic mass is 15.5. The van der Waals surface area contributed by atoms with E-state index in [1.165, 1.54) is 19.3 Å². The second-order valence-electron chi connectivity index (χ2n) is 6.53. The molecule has 2 fully saturated rings. The molecule has 3 nitrogen and oxygen atoms in total. The fraction of sp³-hybridized carbons (Fsp3) is 0.733. The standard InChI is InChI=1S/C15H23N3/c1-9-2-5-11(6-3-9)16-15-14-12-8-10(12)4-7-13(14)17-18-15/h2,4-5,7,9-18H,3,6,8H2,1H3/t9?,10?,11?,12?,13?,14-,15?/m1/s1. The van der Waals surface area contributed by atoms with Crippen LogP contribution in [0.1, 0.15) is 26.2 Å². The first-order chi connectivity index (χ1) is 8.81. The second-order valence-corrected chi connectivity index (χ2v) is 6.53. The van der Waals surface area contributed by atoms with E-state index in [1.807, 2.05) is 0 Å². The molecule has 7 atom stereocenters. The van der Waals surface area contributed by atoms with Gasteiger partial charge in [0.15, 0.2) is 0 Å². The van der Waals surface area contributed by atoms with Crippen LogP contribution in [0.15, 0.2) is 24.3 Å². The Kier molecular flexibility index (Phi) is 2.61. The van der Waals surface area contributed by atoms with Crippen LogP contribution < -0.4 is 16.2 Å². The molecule has 0 aromatic carbocycles. The number of rotatable bonds is 2. The van der Waals surface area contributed by atoms with Gasteiger partial charge in [-0.05, 0) is 37.0 Å². The van der Waals surface area contributed by atoms with E-state index in [2.05, 4.69) is 47.4 Å². The molecule has 3 N–H and O–H groups in total. The summed E-state index contributed by atoms with van der Waals surface area (Å²) in [5.41, 5.74) is 6.91. The van der Waals surface area contributed by atoms with Crippen molar-refractivity contribution in [2.24, 2.45) is 23.7 Å². The van der Waals surface area contributed by atoms with Crippen molar-refractivity contribution >= 4 is 0 Å². The third-order valence-corrected chi connectivity index (χ3v) is 5.15. The van der Waals surface area contributed by atoms with Gasteiger partial charge in [0.1, 0.15) is 0 Å². The molecule has 1 saturated carbocycles. The monoisotopic (exact) mass is 245 g/mol. The first-order valence-electron chi connectivity index (χ1n) is 7.45. The molecule has 4 rings (SSSR count). The van der Waals surface area contributed by atoms with Gasteiger partial charge in [0.2, 0.25) is 0 Å². The summed E-state index contributed by atoms with van der Waals surface area (Å²) in [6.07, 6.45) is 13.9. The smallest absolute Gasteiger partial charge is 0.0758 e. The maximum atomic E-state index is 3.80. The summed E-state index contributed by atoms with van der Waals surface area (Å²) in [6.45, 7) is 2.30. The lowest BCUT2D eigenvalue weighted by atomic mass is 9.87. The number of fused-ring (bicyclic) bond motifs is 3. The van der Waals surface area contributed by atoms with Crippen LogP contribution in [0.2, 0.25) is 0 Å². The highest BCUT2D eigenvalue weighted by Gasteiger charge is 2.52. The van der Waals surface area contributed by atoms with E-state index < -0.39 is 0 Å². The summed E-state index contributed by atoms with van der Waals surface area (Å²) in [6, 6.07) is 1.10. The van der Waals surface area contributed by atoms with Gasteiger partial charge in [0.25, 0.3) is 0 Å². The Balaban J connectivity index is 1.43. The average Bonchev–Trinajstić information content (AvgIpc) is 3.07. The summed E-state index contributed by atoms with van der Waals surface area (Å²) >= 11 is 0. The SMILES string of the molecule is CC1C=CC(NC2NNC3C=CC4CC4[C@H]32)CC1. The molecule has 0 bridgehead atoms. The summed E-state index contributed by atoms with van der Waals surface area (Å²) < 4.78 is 0. The highest BCUT2D eigenvalue weighted by Crippen LogP contribution is 2.51. The number of nitrogens with one attached hydrogen (secondary N) is 3. The lowest BCUT2D eigenvalue weighted by molar-refractivity contribution is 0.297. The lowest BCUT2D eigenvalue weighted by Crippen LogP contribution is -2.49. The zero-order valence-corrected chi connectivity index (χ0v) is 11.0. The van der Waals surface area contributed by atoms with Crippen LogP contribution in [-0.4, -0.2) is 18.2 Å². The Morgan fingerprint density at radius 2 is 2.00 bits per heavy atom. The van der Waals surface area contributed by atoms with E-state index in [1.54, 1.807) is 0 Å². The molecule has 6 unspecified atom stereocenters. The highest BCUT2D eigenvalue weighted by molar-refractivity contribution is 5.20. The second kappa shape index (κ2) is 4.19. The van der Waals surface area contributed by atoms with Crippen LogP contribution in [0, 0.1) is 23.7 Å². The first kappa shape index (κ1) is 11.2. The van der Waals surface area contributed by atoms with Crippen molar-refractivity contribution in [2.75, 3.05) is 0 Å². The van der Waals surface area contributed by atoms with Gasteiger partial charge >= 0.3 is 0 Å². The van der Waals surface area contributed by atoms with E-state index in [4.69, 9.17) is 0 Å². The van der Waals surface area contributed by atoms with E-state index in [-0.39, 0.29) is 0 Å². The molecular formula is C15H23N3. The van der Waals surface area contributed by atoms with E-state index >= 15 is 0 Å². The van der Waals surface area contributed by atoms with Crippen molar-refractivity contribution in [3.8, 4) is 0 Å². The maximum absolute atomic E-state index is 3.80. The molecule has 3 aliphatic carbocycles. The molecule has 0 aromatic heterocycles. The molecule has 4 aliphatic rings. The number of hydrogen-bond donors (Lipinski definition) is 3. The molecular weight excluding hydrogens is 222 g/mol. The molecule has 1 heterocycles. The molecule has 0 spiro atoms. The minimum atomic E-state index is 0.443. The van der Waals surface area contributed by atoms with Crippen LogP contribution >= 0.6 is 0 Å². The van der Waals surface area contributed by atoms with Crippen molar-refractivity contribution in [2.45, 2.75) is 44.4 Å². The molecule has 0 aromatic rings. The van der Waals surface area contributed by atoms with E-state index in [0.717, 1.165) is 23.7 Å². The van der Waals surface area contributed by atoms with Crippen molar-refractivity contribution in [3.63, 3.8) is 0 Å². The van der Waals surface area contributed by atoms with Gasteiger partial charge in [-0.2, -0.15) is 0 Å². The third-order valence-electron chi connectivity index (χ3n) is 5.15. The first-order valence-corrected chi connectivity index (χ1v) is 7.45. The molecule has 1 aliphatic heterocycles. The van der Waals surface area contributed by atoms with E-state index in [0.29, 0.717) is 18.2 Å². The van der Waals surface area contributed by atoms with Crippen molar-refractivity contribution in [1.29, 1.82) is 0 Å². The number of hydrogen-bond acceptors (Lipinski definition) is 3. The zero-order valence-electron chi connectivity index (χ0n) is 11.0. The number of hydrazine groups is 1. The topological polar surface area (TPSA) is 36.1 Å². The predicted octanol–water partition coefficient (Wildman–Crippen LogP) is 1.56. The maximum Gasteiger partial charge on any atom is 0.0758 e. The number of allylic oxidation sites excluding steroid dienone is 2. The van der Waals surface area contributed by atoms with Crippen molar-refractivity contribution in [1.82, 2.24) is 16.2 Å². The van der Waals surface area contributed by atoms with Crippen LogP contribution in [-0.2, 0) is 0 Å². The van der Waals surface area contributed by atoms with Gasteiger partial charge in [0.05, 0.1) is 6.17 Å². The minimum Gasteiger partial charge on any atom is -0.294 e. The fourth-order valence-corrected chi connectivity index (χ4v) is 3.92. The fourth-order valence-electron chi connectivity index (χ4n) is 3.92. The Morgan fingerprint density at radius 3 is 2.83 bits per heavy atom. The Morgan fingerprint density at radius 1 is 1.06 bits per heavy atom. The van der Waals surface area contributed by atoms with Crippen molar-refractivity contribution in [3.05, 3.63) is 24.3 Å². The normalized spacial score (nSPS) is 53.1. The summed E-state index contributed by atoms with van der Waals surface area (Å²) in [4.78, 5) is 0. The molecule has 0 amide bonds. The molecule has 3 heteroatoms. The average molecular weight is 245 g/mol. The Hall–Kier alpha value is -0.640. The minimum absolute atomic E-state index is 0.443. The van der Waals surface area contributed by atoms with Crippen LogP contribution in [0.4, 0.5) is 0 Å². The van der Waals surface area contributed by atoms with Gasteiger partial charge in [-0.3, -0.25) is 5.32 Å². The van der Waals surface area contributed by atoms with E-state index in [9.17, 15) is 0 Å². The van der Waals surface area contributed by atoms with Gasteiger partial charge < -0.3 is 0 Å². The third kappa shape index (κ3) is 1.85. The predicted molar refractivity (Wildman–Crippen MR) is 72.5 cm³/mol. The zero-order chi connectivity index (χ0) is 12.1. The van der Waals surface area contributed by atoms with Gasteiger partial charge in [-0.1, -0.05) is 31.2 Å². The van der Waals surface area contributed by atoms with Gasteiger partial charge in [0, 0.05) is 18.0 Å². The molecule has 98 valence electrons. The lowest BCUT2D eigenvalue weighted by Gasteiger charge is -2.29. The summed E-state index contributed by atoms with van der Waals surface area (Å²) in [7, 11) is 0. The Labute approximate surface area is 109 Å². The van der Waals surface area contributed by atoms with Gasteiger partial charge in [-0.25, -0.2) is 10.9 Å². The summed E-state index contributed by atoms with van der Waals surface area (Å²) in [5, 5.41) is 3.80. The summed E-state index contributed by atoms with van der Waals surface area (Å²) in [5.74, 6) is 3.29. The Bertz CT molecular complexity index is 389. The van der Waals surface area contributed by atoms with Crippen molar-refractivity contribution < 1.29 is 0 Å². The quantitative estimate of drug-likeness (QED) is 0.646. The van der Waals surface area contributed by atoms with Crippen LogP contribution in [0.3, 0.4) is 0 Å². The van der Waals surface area contributed by atoms with Gasteiger partial charge in [-0.15, -0.1) is 0 Å². The molecule has 1 saturated heterocycles. The largest absolute Gasteiger partial charge is 0.294 e. The molecule has 0 radical (unpaired) electrons.